The van der Waals surface area contributed by atoms with Crippen LogP contribution in [0.3, 0.4) is 0 Å². The maximum absolute atomic E-state index is 11.5. The second-order valence-corrected chi connectivity index (χ2v) is 9.68. The molecule has 2 aromatic carbocycles. The van der Waals surface area contributed by atoms with Crippen LogP contribution in [0, 0.1) is 6.92 Å². The number of carboxylic acid groups (broad SMARTS) is 1. The van der Waals surface area contributed by atoms with E-state index in [1.54, 1.807) is 18.2 Å². The lowest BCUT2D eigenvalue weighted by atomic mass is 10.2. The zero-order valence-corrected chi connectivity index (χ0v) is 19.6. The minimum atomic E-state index is -5.08. The molecule has 0 bridgehead atoms. The zero-order chi connectivity index (χ0) is 26.5. The van der Waals surface area contributed by atoms with E-state index in [0.717, 1.165) is 22.3 Å². The SMILES string of the molecule is Cc1[nH]nc2cc(Nc3ncnc(Nc4cccc(CS(C)(=O)=O)c4)n3)ccc12.O=C(O)C(F)(F)F. The number of anilines is 4. The first kappa shape index (κ1) is 26.3. The van der Waals surface area contributed by atoms with E-state index in [1.807, 2.05) is 31.2 Å². The largest absolute Gasteiger partial charge is 0.490 e. The van der Waals surface area contributed by atoms with Gasteiger partial charge in [0.2, 0.25) is 11.9 Å². The molecule has 4 N–H and O–H groups in total. The molecule has 4 rings (SSSR count). The summed E-state index contributed by atoms with van der Waals surface area (Å²) in [5.74, 6) is -2.06. The van der Waals surface area contributed by atoms with Crippen LogP contribution in [0.2, 0.25) is 0 Å². The molecule has 11 nitrogen and oxygen atoms in total. The summed E-state index contributed by atoms with van der Waals surface area (Å²) in [4.78, 5) is 21.5. The first-order valence-electron chi connectivity index (χ1n) is 10.0. The van der Waals surface area contributed by atoms with Crippen molar-refractivity contribution in [3.05, 3.63) is 60.0 Å². The monoisotopic (exact) mass is 523 g/mol. The van der Waals surface area contributed by atoms with Crippen LogP contribution in [0.1, 0.15) is 11.3 Å². The number of aromatic amines is 1. The second kappa shape index (κ2) is 10.6. The first-order chi connectivity index (χ1) is 16.8. The highest BCUT2D eigenvalue weighted by Crippen LogP contribution is 2.22. The quantitative estimate of drug-likeness (QED) is 0.293. The van der Waals surface area contributed by atoms with Crippen molar-refractivity contribution in [1.82, 2.24) is 25.1 Å². The Bertz CT molecular complexity index is 1490. The molecule has 0 amide bonds. The molecule has 0 saturated carbocycles. The third kappa shape index (κ3) is 7.63. The van der Waals surface area contributed by atoms with Crippen molar-refractivity contribution in [2.24, 2.45) is 0 Å². The van der Waals surface area contributed by atoms with Crippen LogP contribution in [0.4, 0.5) is 36.4 Å². The smallest absolute Gasteiger partial charge is 0.475 e. The Morgan fingerprint density at radius 3 is 2.25 bits per heavy atom. The number of hydrogen-bond donors (Lipinski definition) is 4. The highest BCUT2D eigenvalue weighted by atomic mass is 32.2. The fraction of sp³-hybridized carbons (Fsp3) is 0.190. The van der Waals surface area contributed by atoms with Crippen LogP contribution in [0.5, 0.6) is 0 Å². The first-order valence-corrected chi connectivity index (χ1v) is 12.1. The van der Waals surface area contributed by atoms with Gasteiger partial charge in [0.1, 0.15) is 6.33 Å². The van der Waals surface area contributed by atoms with Crippen LogP contribution >= 0.6 is 0 Å². The summed E-state index contributed by atoms with van der Waals surface area (Å²) >= 11 is 0. The van der Waals surface area contributed by atoms with Gasteiger partial charge in [-0.25, -0.2) is 23.2 Å². The number of H-pyrrole nitrogens is 1. The Balaban J connectivity index is 0.000000454. The molecular weight excluding hydrogens is 503 g/mol. The molecule has 2 heterocycles. The number of halogens is 3. The molecule has 0 aliphatic heterocycles. The van der Waals surface area contributed by atoms with Gasteiger partial charge in [-0.05, 0) is 42.8 Å². The number of nitrogens with zero attached hydrogens (tertiary/aromatic N) is 4. The molecule has 36 heavy (non-hydrogen) atoms. The Kier molecular flexibility index (Phi) is 7.72. The third-order valence-electron chi connectivity index (χ3n) is 4.43. The van der Waals surface area contributed by atoms with Gasteiger partial charge in [-0.1, -0.05) is 12.1 Å². The Morgan fingerprint density at radius 1 is 1.06 bits per heavy atom. The predicted molar refractivity (Wildman–Crippen MR) is 126 cm³/mol. The minimum Gasteiger partial charge on any atom is -0.475 e. The summed E-state index contributed by atoms with van der Waals surface area (Å²) < 4.78 is 54.7. The lowest BCUT2D eigenvalue weighted by Crippen LogP contribution is -2.21. The standard InChI is InChI=1S/C19H19N7O2S.C2HF3O2/c1-12-16-7-6-15(9-17(16)26-25-12)23-19-21-11-20-18(24-19)22-14-5-3-4-13(8-14)10-29(2,27)28;3-2(4,5)1(6)7/h3-9,11H,10H2,1-2H3,(H,25,26)(H2,20,21,22,23,24);(H,6,7). The molecule has 15 heteroatoms. The predicted octanol–water partition coefficient (Wildman–Crippen LogP) is 3.72. The van der Waals surface area contributed by atoms with E-state index in [4.69, 9.17) is 9.90 Å². The van der Waals surface area contributed by atoms with Crippen molar-refractivity contribution in [1.29, 1.82) is 0 Å². The van der Waals surface area contributed by atoms with Crippen LogP contribution in [-0.2, 0) is 20.4 Å². The number of nitrogens with one attached hydrogen (secondary N) is 3. The van der Waals surface area contributed by atoms with Gasteiger partial charge in [-0.15, -0.1) is 0 Å². The lowest BCUT2D eigenvalue weighted by Gasteiger charge is -2.09. The minimum absolute atomic E-state index is 0.0261. The maximum Gasteiger partial charge on any atom is 0.490 e. The molecule has 0 saturated heterocycles. The van der Waals surface area contributed by atoms with Crippen molar-refractivity contribution in [3.8, 4) is 0 Å². The fourth-order valence-corrected chi connectivity index (χ4v) is 3.72. The number of sulfone groups is 1. The highest BCUT2D eigenvalue weighted by Gasteiger charge is 2.38. The fourth-order valence-electron chi connectivity index (χ4n) is 2.94. The molecule has 190 valence electrons. The van der Waals surface area contributed by atoms with Crippen molar-refractivity contribution in [2.75, 3.05) is 16.9 Å². The lowest BCUT2D eigenvalue weighted by molar-refractivity contribution is -0.192. The number of carboxylic acids is 1. The Labute approximate surface area is 202 Å². The van der Waals surface area contributed by atoms with Crippen LogP contribution in [0.25, 0.3) is 10.9 Å². The second-order valence-electron chi connectivity index (χ2n) is 7.54. The summed E-state index contributed by atoms with van der Waals surface area (Å²) in [5, 5.41) is 21.6. The van der Waals surface area contributed by atoms with Gasteiger partial charge in [-0.3, -0.25) is 5.10 Å². The number of aryl methyl sites for hydroxylation is 1. The average molecular weight is 523 g/mol. The number of benzene rings is 2. The maximum atomic E-state index is 11.5. The molecule has 0 aliphatic carbocycles. The van der Waals surface area contributed by atoms with Gasteiger partial charge >= 0.3 is 12.1 Å². The van der Waals surface area contributed by atoms with Crippen molar-refractivity contribution >= 4 is 50.0 Å². The molecular formula is C21H20F3N7O4S. The van der Waals surface area contributed by atoms with E-state index in [9.17, 15) is 21.6 Å². The number of rotatable bonds is 6. The molecule has 0 aliphatic rings. The molecule has 0 atom stereocenters. The number of carbonyl (C=O) groups is 1. The molecule has 0 spiro atoms. The summed E-state index contributed by atoms with van der Waals surface area (Å²) in [5.41, 5.74) is 4.04. The number of hydrogen-bond acceptors (Lipinski definition) is 9. The van der Waals surface area contributed by atoms with Gasteiger partial charge < -0.3 is 15.7 Å². The number of fused-ring (bicyclic) bond motifs is 1. The van der Waals surface area contributed by atoms with Crippen molar-refractivity contribution < 1.29 is 31.5 Å². The van der Waals surface area contributed by atoms with Gasteiger partial charge in [0.15, 0.2) is 9.84 Å². The van der Waals surface area contributed by atoms with Crippen LogP contribution < -0.4 is 10.6 Å². The summed E-state index contributed by atoms with van der Waals surface area (Å²) in [6.45, 7) is 1.97. The molecule has 0 radical (unpaired) electrons. The van der Waals surface area contributed by atoms with Crippen LogP contribution in [-0.4, -0.2) is 57.1 Å². The van der Waals surface area contributed by atoms with E-state index in [1.165, 1.54) is 12.6 Å². The molecule has 0 fully saturated rings. The van der Waals surface area contributed by atoms with E-state index in [-0.39, 0.29) is 5.75 Å². The summed E-state index contributed by atoms with van der Waals surface area (Å²) in [6, 6.07) is 12.9. The third-order valence-corrected chi connectivity index (χ3v) is 5.29. The van der Waals surface area contributed by atoms with Gasteiger partial charge in [0.05, 0.1) is 11.3 Å². The highest BCUT2D eigenvalue weighted by molar-refractivity contribution is 7.89. The summed E-state index contributed by atoms with van der Waals surface area (Å²) in [7, 11) is -3.11. The molecule has 4 aromatic rings. The van der Waals surface area contributed by atoms with Crippen molar-refractivity contribution in [2.45, 2.75) is 18.9 Å². The topological polar surface area (TPSA) is 163 Å². The number of aliphatic carboxylic acids is 1. The Hall–Kier alpha value is -4.27. The zero-order valence-electron chi connectivity index (χ0n) is 18.8. The van der Waals surface area contributed by atoms with Gasteiger partial charge in [0, 0.05) is 28.7 Å². The van der Waals surface area contributed by atoms with E-state index >= 15 is 0 Å². The van der Waals surface area contributed by atoms with Crippen LogP contribution in [0.15, 0.2) is 48.8 Å². The van der Waals surface area contributed by atoms with E-state index < -0.39 is 22.0 Å². The summed E-state index contributed by atoms with van der Waals surface area (Å²) in [6.07, 6.45) is -2.48. The van der Waals surface area contributed by atoms with Crippen molar-refractivity contribution in [3.63, 3.8) is 0 Å². The normalized spacial score (nSPS) is 11.5. The number of alkyl halides is 3. The average Bonchev–Trinajstić information content (AvgIpc) is 3.13. The van der Waals surface area contributed by atoms with E-state index in [2.05, 4.69) is 35.8 Å². The molecule has 0 unspecified atom stereocenters. The Morgan fingerprint density at radius 2 is 1.67 bits per heavy atom. The van der Waals surface area contributed by atoms with Gasteiger partial charge in [-0.2, -0.15) is 23.3 Å². The van der Waals surface area contributed by atoms with Gasteiger partial charge in [0.25, 0.3) is 0 Å². The molecule has 2 aromatic heterocycles. The number of aromatic nitrogens is 5. The van der Waals surface area contributed by atoms with E-state index in [0.29, 0.717) is 23.1 Å².